The first-order valence-electron chi connectivity index (χ1n) is 20.3. The van der Waals surface area contributed by atoms with Crippen molar-refractivity contribution in [2.24, 2.45) is 0 Å². The summed E-state index contributed by atoms with van der Waals surface area (Å²) in [6.45, 7) is 0. The zero-order valence-corrected chi connectivity index (χ0v) is 33.3. The summed E-state index contributed by atoms with van der Waals surface area (Å²) in [6.07, 6.45) is 3.55. The van der Waals surface area contributed by atoms with E-state index in [-0.39, 0.29) is 0 Å². The van der Waals surface area contributed by atoms with Crippen molar-refractivity contribution in [3.05, 3.63) is 188 Å². The highest BCUT2D eigenvalue weighted by molar-refractivity contribution is 7.25. The van der Waals surface area contributed by atoms with Crippen molar-refractivity contribution < 1.29 is 4.42 Å². The summed E-state index contributed by atoms with van der Waals surface area (Å²) in [5.74, 6) is 1.80. The Balaban J connectivity index is 0.967. The van der Waals surface area contributed by atoms with Crippen LogP contribution in [-0.4, -0.2) is 24.5 Å². The van der Waals surface area contributed by atoms with Crippen LogP contribution in [0.4, 0.5) is 0 Å². The molecule has 0 spiro atoms. The predicted octanol–water partition coefficient (Wildman–Crippen LogP) is 14.5. The van der Waals surface area contributed by atoms with Crippen molar-refractivity contribution in [2.45, 2.75) is 0 Å². The zero-order chi connectivity index (χ0) is 40.0. The number of pyridine rings is 1. The molecule has 0 N–H and O–H groups in total. The zero-order valence-electron chi connectivity index (χ0n) is 32.5. The summed E-state index contributed by atoms with van der Waals surface area (Å²) < 4.78 is 11.1. The molecule has 0 aliphatic carbocycles. The second-order valence-corrected chi connectivity index (χ2v) is 16.5. The third-order valence-corrected chi connectivity index (χ3v) is 13.1. The summed E-state index contributed by atoms with van der Waals surface area (Å²) in [4.78, 5) is 20.1. The number of aromatic nitrogens is 5. The van der Waals surface area contributed by atoms with Gasteiger partial charge in [-0.15, -0.1) is 11.3 Å². The van der Waals surface area contributed by atoms with E-state index in [1.165, 1.54) is 47.4 Å². The van der Waals surface area contributed by atoms with Crippen LogP contribution in [0.5, 0.6) is 0 Å². The third kappa shape index (κ3) is 5.27. The lowest BCUT2D eigenvalue weighted by Crippen LogP contribution is -2.01. The first kappa shape index (κ1) is 33.9. The van der Waals surface area contributed by atoms with E-state index in [0.29, 0.717) is 17.5 Å². The summed E-state index contributed by atoms with van der Waals surface area (Å²) in [5, 5.41) is 9.29. The average molecular weight is 798 g/mol. The average Bonchev–Trinajstić information content (AvgIpc) is 4.01. The molecule has 61 heavy (non-hydrogen) atoms. The number of fused-ring (bicyclic) bond motifs is 11. The summed E-state index contributed by atoms with van der Waals surface area (Å²) >= 11 is 1.79. The van der Waals surface area contributed by atoms with Gasteiger partial charge in [-0.2, -0.15) is 0 Å². The Morgan fingerprint density at radius 2 is 1.13 bits per heavy atom. The monoisotopic (exact) mass is 797 g/mol. The van der Waals surface area contributed by atoms with Gasteiger partial charge in [0.1, 0.15) is 5.58 Å². The topological polar surface area (TPSA) is 69.6 Å². The molecular weight excluding hydrogens is 767 g/mol. The van der Waals surface area contributed by atoms with E-state index in [2.05, 4.69) is 167 Å². The smallest absolute Gasteiger partial charge is 0.164 e. The first-order chi connectivity index (χ1) is 30.2. The Labute approximate surface area is 352 Å². The van der Waals surface area contributed by atoms with Crippen LogP contribution < -0.4 is 0 Å². The Morgan fingerprint density at radius 3 is 2.02 bits per heavy atom. The number of furan rings is 1. The Hall–Kier alpha value is -8.00. The third-order valence-electron chi connectivity index (χ3n) is 12.0. The minimum absolute atomic E-state index is 0.579. The molecule has 0 fully saturated rings. The van der Waals surface area contributed by atoms with Gasteiger partial charge in [0.2, 0.25) is 0 Å². The lowest BCUT2D eigenvalue weighted by Gasteiger charge is -2.12. The lowest BCUT2D eigenvalue weighted by molar-refractivity contribution is 0.667. The molecule has 0 saturated heterocycles. The quantitative estimate of drug-likeness (QED) is 0.173. The van der Waals surface area contributed by atoms with Gasteiger partial charge in [-0.3, -0.25) is 4.98 Å². The maximum Gasteiger partial charge on any atom is 0.164 e. The van der Waals surface area contributed by atoms with Crippen LogP contribution in [0.2, 0.25) is 0 Å². The Morgan fingerprint density at radius 1 is 0.426 bits per heavy atom. The van der Waals surface area contributed by atoms with Crippen molar-refractivity contribution in [1.29, 1.82) is 0 Å². The molecule has 0 amide bonds. The molecule has 0 aliphatic heterocycles. The van der Waals surface area contributed by atoms with Crippen LogP contribution >= 0.6 is 11.3 Å². The van der Waals surface area contributed by atoms with Gasteiger partial charge in [0.05, 0.1) is 17.2 Å². The summed E-state index contributed by atoms with van der Waals surface area (Å²) in [5.41, 5.74) is 9.89. The van der Waals surface area contributed by atoms with Gasteiger partial charge in [-0.05, 0) is 76.5 Å². The second kappa shape index (κ2) is 13.3. The predicted molar refractivity (Wildman–Crippen MR) is 251 cm³/mol. The molecule has 7 heteroatoms. The van der Waals surface area contributed by atoms with Gasteiger partial charge >= 0.3 is 0 Å². The maximum absolute atomic E-state index is 6.26. The fourth-order valence-corrected chi connectivity index (χ4v) is 10.4. The molecule has 13 aromatic rings. The molecule has 0 radical (unpaired) electrons. The van der Waals surface area contributed by atoms with Crippen LogP contribution in [-0.2, 0) is 0 Å². The fourth-order valence-electron chi connectivity index (χ4n) is 9.23. The molecular formula is C54H31N5OS. The first-order valence-corrected chi connectivity index (χ1v) is 21.1. The molecule has 0 atom stereocenters. The van der Waals surface area contributed by atoms with Crippen molar-refractivity contribution in [1.82, 2.24) is 24.5 Å². The number of benzene rings is 8. The number of para-hydroxylation sites is 1. The molecule has 0 unspecified atom stereocenters. The van der Waals surface area contributed by atoms with Crippen molar-refractivity contribution >= 4 is 86.0 Å². The minimum Gasteiger partial charge on any atom is -0.454 e. The van der Waals surface area contributed by atoms with Gasteiger partial charge in [0.15, 0.2) is 23.1 Å². The number of thiophene rings is 1. The number of rotatable bonds is 5. The molecule has 0 saturated carbocycles. The SMILES string of the molecule is c1cc(-c2ccc(-n3c4ccccc4c4c5ccccc5ccc43)cc2)cc(-c2nc(-c3cccc4oc5cnccc5c34)nc(-c3cccc4sc5ccccc5c34)n2)c1. The normalized spacial score (nSPS) is 11.9. The van der Waals surface area contributed by atoms with Crippen LogP contribution in [0.3, 0.4) is 0 Å². The van der Waals surface area contributed by atoms with Crippen molar-refractivity contribution in [3.63, 3.8) is 0 Å². The van der Waals surface area contributed by atoms with Crippen LogP contribution in [0.15, 0.2) is 193 Å². The van der Waals surface area contributed by atoms with Gasteiger partial charge in [0.25, 0.3) is 0 Å². The van der Waals surface area contributed by atoms with Gasteiger partial charge in [-0.25, -0.2) is 15.0 Å². The van der Waals surface area contributed by atoms with Gasteiger partial charge < -0.3 is 8.98 Å². The highest BCUT2D eigenvalue weighted by atomic mass is 32.1. The Bertz CT molecular complexity index is 3770. The van der Waals surface area contributed by atoms with Crippen molar-refractivity contribution in [2.75, 3.05) is 0 Å². The molecule has 284 valence electrons. The van der Waals surface area contributed by atoms with E-state index in [4.69, 9.17) is 19.4 Å². The standard InChI is InChI=1S/C54H31N5OS/c1-2-13-37-33(10-1)24-27-44-49(37)38-14-3-5-18-43(38)59(44)36-25-22-32(23-26-36)34-11-7-12-35(30-34)52-56-53(41-16-8-19-45-50(41)39-28-29-55-31-46(39)60-45)58-54(57-52)42-17-9-21-48-51(42)40-15-4-6-20-47(40)61-48/h1-31H. The minimum atomic E-state index is 0.579. The number of hydrogen-bond acceptors (Lipinski definition) is 6. The van der Waals surface area contributed by atoms with E-state index >= 15 is 0 Å². The van der Waals surface area contributed by atoms with E-state index < -0.39 is 0 Å². The highest BCUT2D eigenvalue weighted by Crippen LogP contribution is 2.42. The van der Waals surface area contributed by atoms with Gasteiger partial charge in [0, 0.05) is 70.3 Å². The van der Waals surface area contributed by atoms with E-state index in [9.17, 15) is 0 Å². The fraction of sp³-hybridized carbons (Fsp3) is 0. The largest absolute Gasteiger partial charge is 0.454 e. The molecule has 0 aliphatic rings. The number of nitrogens with zero attached hydrogens (tertiary/aromatic N) is 5. The maximum atomic E-state index is 6.26. The molecule has 8 aromatic carbocycles. The van der Waals surface area contributed by atoms with Crippen LogP contribution in [0.1, 0.15) is 0 Å². The highest BCUT2D eigenvalue weighted by Gasteiger charge is 2.21. The summed E-state index contributed by atoms with van der Waals surface area (Å²) in [7, 11) is 0. The van der Waals surface area contributed by atoms with E-state index in [1.54, 1.807) is 23.7 Å². The van der Waals surface area contributed by atoms with E-state index in [1.807, 2.05) is 18.2 Å². The van der Waals surface area contributed by atoms with E-state index in [0.717, 1.165) is 60.8 Å². The molecule has 13 rings (SSSR count). The van der Waals surface area contributed by atoms with Crippen molar-refractivity contribution in [3.8, 4) is 51.0 Å². The molecule has 5 heterocycles. The Kier molecular flexibility index (Phi) is 7.37. The molecule has 0 bridgehead atoms. The summed E-state index contributed by atoms with van der Waals surface area (Å²) in [6, 6.07) is 62.2. The lowest BCUT2D eigenvalue weighted by atomic mass is 10.0. The number of hydrogen-bond donors (Lipinski definition) is 0. The van der Waals surface area contributed by atoms with Crippen LogP contribution in [0.25, 0.3) is 126 Å². The van der Waals surface area contributed by atoms with Crippen LogP contribution in [0, 0.1) is 0 Å². The second-order valence-electron chi connectivity index (χ2n) is 15.4. The molecule has 6 nitrogen and oxygen atoms in total. The molecule has 5 aromatic heterocycles. The van der Waals surface area contributed by atoms with Gasteiger partial charge in [-0.1, -0.05) is 121 Å².